The summed E-state index contributed by atoms with van der Waals surface area (Å²) in [5.41, 5.74) is 0.0151. The first-order valence-electron chi connectivity index (χ1n) is 12.7. The Morgan fingerprint density at radius 3 is 2.60 bits per heavy atom. The number of aromatic amines is 1. The molecule has 1 amide bonds. The molecule has 43 heavy (non-hydrogen) atoms. The molecule has 0 fully saturated rings. The number of pyridine rings is 1. The van der Waals surface area contributed by atoms with Crippen molar-refractivity contribution in [3.8, 4) is 28.4 Å². The van der Waals surface area contributed by atoms with Crippen LogP contribution in [0.25, 0.3) is 38.9 Å². The third kappa shape index (κ3) is 4.93. The summed E-state index contributed by atoms with van der Waals surface area (Å²) in [6, 6.07) is 13.0. The van der Waals surface area contributed by atoms with Gasteiger partial charge in [0.1, 0.15) is 0 Å². The van der Waals surface area contributed by atoms with Gasteiger partial charge in [-0.25, -0.2) is 9.67 Å². The number of benzene rings is 3. The van der Waals surface area contributed by atoms with Gasteiger partial charge in [-0.1, -0.05) is 29.8 Å². The third-order valence-electron chi connectivity index (χ3n) is 6.93. The van der Waals surface area contributed by atoms with Crippen LogP contribution in [0.5, 0.6) is 11.5 Å². The highest BCUT2D eigenvalue weighted by molar-refractivity contribution is 6.34. The lowest BCUT2D eigenvalue weighted by Gasteiger charge is -2.10. The summed E-state index contributed by atoms with van der Waals surface area (Å²) >= 11 is 6.32. The summed E-state index contributed by atoms with van der Waals surface area (Å²) in [4.78, 5) is 31.4. The lowest BCUT2D eigenvalue weighted by Crippen LogP contribution is -2.24. The molecule has 0 radical (unpaired) electrons. The van der Waals surface area contributed by atoms with Crippen LogP contribution in [0.2, 0.25) is 5.02 Å². The summed E-state index contributed by atoms with van der Waals surface area (Å²) in [5.74, 6) is -1.22. The van der Waals surface area contributed by atoms with Gasteiger partial charge in [-0.15, -0.1) is 0 Å². The van der Waals surface area contributed by atoms with E-state index in [-0.39, 0.29) is 51.0 Å². The number of nitrogens with one attached hydrogen (secondary N) is 2. The lowest BCUT2D eigenvalue weighted by molar-refractivity contribution is -0.137. The number of hydrogen-bond donors (Lipinski definition) is 4. The Morgan fingerprint density at radius 1 is 1.07 bits per heavy atom. The molecule has 4 N–H and O–H groups in total. The summed E-state index contributed by atoms with van der Waals surface area (Å²) < 4.78 is 43.2. The van der Waals surface area contributed by atoms with E-state index in [1.807, 2.05) is 0 Å². The number of carbonyl (C=O) groups excluding carboxylic acids is 1. The van der Waals surface area contributed by atoms with Crippen LogP contribution in [0.3, 0.4) is 0 Å². The number of alkyl halides is 3. The van der Waals surface area contributed by atoms with Crippen molar-refractivity contribution in [2.45, 2.75) is 12.7 Å². The van der Waals surface area contributed by atoms with Crippen LogP contribution in [-0.2, 0) is 19.8 Å². The minimum Gasteiger partial charge on any atom is -0.504 e. The fourth-order valence-corrected chi connectivity index (χ4v) is 4.97. The molecule has 10 nitrogen and oxygen atoms in total. The van der Waals surface area contributed by atoms with Crippen molar-refractivity contribution >= 4 is 39.4 Å². The van der Waals surface area contributed by atoms with Gasteiger partial charge in [0.25, 0.3) is 11.5 Å². The Hall–Kier alpha value is -5.30. The van der Waals surface area contributed by atoms with Crippen LogP contribution in [0.15, 0.2) is 71.7 Å². The number of aryl methyl sites for hydroxylation is 1. The van der Waals surface area contributed by atoms with Gasteiger partial charge in [-0.3, -0.25) is 19.4 Å². The number of H-pyrrole nitrogens is 1. The van der Waals surface area contributed by atoms with E-state index in [9.17, 15) is 33.0 Å². The molecule has 6 rings (SSSR count). The van der Waals surface area contributed by atoms with E-state index >= 15 is 0 Å². The standard InChI is InChI=1S/C29H20ClF3N6O4/c1-38-26-19(13-35-38)25-23(24(36-26)15-3-2-4-16(10-15)29(31,32)33)28(43)39(37-25)17-6-7-20(30)18(11-17)27(42)34-12-14-5-8-21(40)22(41)9-14/h2-11,13,37,40-41H,12H2,1H3,(H,34,42). The molecule has 0 saturated heterocycles. The third-order valence-corrected chi connectivity index (χ3v) is 7.26. The van der Waals surface area contributed by atoms with Gasteiger partial charge in [0, 0.05) is 19.2 Å². The SMILES string of the molecule is Cn1ncc2c3[nH]n(-c4ccc(Cl)c(C(=O)NCc5ccc(O)c(O)c5)c4)c(=O)c3c(-c3cccc(C(F)(F)F)c3)nc21. The van der Waals surface area contributed by atoms with Crippen LogP contribution < -0.4 is 10.9 Å². The lowest BCUT2D eigenvalue weighted by atomic mass is 10.0. The molecular formula is C29H20ClF3N6O4. The molecule has 0 aliphatic carbocycles. The van der Waals surface area contributed by atoms with E-state index < -0.39 is 23.2 Å². The number of carbonyl (C=O) groups is 1. The number of amides is 1. The maximum atomic E-state index is 13.9. The number of halogens is 4. The van der Waals surface area contributed by atoms with Gasteiger partial charge in [-0.2, -0.15) is 18.3 Å². The maximum absolute atomic E-state index is 13.9. The highest BCUT2D eigenvalue weighted by atomic mass is 35.5. The fraction of sp³-hybridized carbons (Fsp3) is 0.103. The normalized spacial score (nSPS) is 11.8. The Morgan fingerprint density at radius 2 is 1.86 bits per heavy atom. The van der Waals surface area contributed by atoms with Crippen LogP contribution in [0.1, 0.15) is 21.5 Å². The van der Waals surface area contributed by atoms with Crippen molar-refractivity contribution in [2.75, 3.05) is 0 Å². The van der Waals surface area contributed by atoms with E-state index in [0.29, 0.717) is 22.1 Å². The van der Waals surface area contributed by atoms with Crippen LogP contribution in [0, 0.1) is 0 Å². The van der Waals surface area contributed by atoms with Crippen LogP contribution in [-0.4, -0.2) is 40.7 Å². The zero-order valence-corrected chi connectivity index (χ0v) is 22.8. The topological polar surface area (TPSA) is 138 Å². The van der Waals surface area contributed by atoms with E-state index in [1.54, 1.807) is 7.05 Å². The van der Waals surface area contributed by atoms with Crippen LogP contribution in [0.4, 0.5) is 13.2 Å². The zero-order valence-electron chi connectivity index (χ0n) is 22.1. The summed E-state index contributed by atoms with van der Waals surface area (Å²) in [5, 5.41) is 29.7. The van der Waals surface area contributed by atoms with Gasteiger partial charge >= 0.3 is 6.18 Å². The Balaban J connectivity index is 1.46. The summed E-state index contributed by atoms with van der Waals surface area (Å²) in [7, 11) is 1.62. The molecule has 0 aliphatic heterocycles. The number of phenolic OH excluding ortho intramolecular Hbond substituents is 2. The number of nitrogens with zero attached hydrogens (tertiary/aromatic N) is 4. The molecule has 3 aromatic heterocycles. The Bertz CT molecular complexity index is 2130. The number of hydrogen-bond acceptors (Lipinski definition) is 6. The number of aromatic hydroxyl groups is 2. The monoisotopic (exact) mass is 608 g/mol. The number of rotatable bonds is 5. The van der Waals surface area contributed by atoms with Crippen molar-refractivity contribution in [1.29, 1.82) is 0 Å². The second kappa shape index (κ2) is 10.2. The van der Waals surface area contributed by atoms with Crippen molar-refractivity contribution in [2.24, 2.45) is 7.05 Å². The molecule has 3 heterocycles. The van der Waals surface area contributed by atoms with Crippen molar-refractivity contribution in [3.05, 3.63) is 98.9 Å². The minimum absolute atomic E-state index is 0.00454. The molecule has 3 aromatic carbocycles. The Kier molecular flexibility index (Phi) is 6.61. The molecule has 6 aromatic rings. The largest absolute Gasteiger partial charge is 0.504 e. The first-order valence-corrected chi connectivity index (χ1v) is 13.0. The molecule has 0 bridgehead atoms. The van der Waals surface area contributed by atoms with Gasteiger partial charge in [-0.05, 0) is 48.0 Å². The number of fused-ring (bicyclic) bond motifs is 3. The molecule has 0 unspecified atom stereocenters. The second-order valence-electron chi connectivity index (χ2n) is 9.72. The van der Waals surface area contributed by atoms with Gasteiger partial charge in [0.2, 0.25) is 0 Å². The van der Waals surface area contributed by atoms with E-state index in [4.69, 9.17) is 11.6 Å². The molecule has 0 aliphatic rings. The minimum atomic E-state index is -4.60. The van der Waals surface area contributed by atoms with Gasteiger partial charge in [0.05, 0.1) is 50.0 Å². The zero-order chi connectivity index (χ0) is 30.6. The number of phenols is 2. The molecule has 0 atom stereocenters. The maximum Gasteiger partial charge on any atom is 0.416 e. The highest BCUT2D eigenvalue weighted by Gasteiger charge is 2.31. The first-order chi connectivity index (χ1) is 20.4. The van der Waals surface area contributed by atoms with Gasteiger partial charge < -0.3 is 15.5 Å². The predicted molar refractivity (Wildman–Crippen MR) is 152 cm³/mol. The van der Waals surface area contributed by atoms with Gasteiger partial charge in [0.15, 0.2) is 17.1 Å². The van der Waals surface area contributed by atoms with E-state index in [1.165, 1.54) is 59.4 Å². The van der Waals surface area contributed by atoms with Crippen molar-refractivity contribution in [3.63, 3.8) is 0 Å². The van der Waals surface area contributed by atoms with E-state index in [2.05, 4.69) is 20.5 Å². The van der Waals surface area contributed by atoms with Crippen molar-refractivity contribution in [1.82, 2.24) is 29.9 Å². The molecule has 14 heteroatoms. The summed E-state index contributed by atoms with van der Waals surface area (Å²) in [6.07, 6.45) is -3.12. The average molecular weight is 609 g/mol. The summed E-state index contributed by atoms with van der Waals surface area (Å²) in [6.45, 7) is 0.00454. The molecule has 0 spiro atoms. The Labute approximate surface area is 244 Å². The molecule has 218 valence electrons. The quantitative estimate of drug-likeness (QED) is 0.197. The van der Waals surface area contributed by atoms with Crippen molar-refractivity contribution < 1.29 is 28.2 Å². The van der Waals surface area contributed by atoms with Crippen LogP contribution >= 0.6 is 11.6 Å². The second-order valence-corrected chi connectivity index (χ2v) is 10.1. The average Bonchev–Trinajstić information content (AvgIpc) is 3.52. The molecular weight excluding hydrogens is 589 g/mol. The predicted octanol–water partition coefficient (Wildman–Crippen LogP) is 5.28. The highest BCUT2D eigenvalue weighted by Crippen LogP contribution is 2.35. The van der Waals surface area contributed by atoms with E-state index in [0.717, 1.165) is 16.8 Å². The first kappa shape index (κ1) is 27.8. The number of aromatic nitrogens is 5. The smallest absolute Gasteiger partial charge is 0.416 e. The fourth-order valence-electron chi connectivity index (χ4n) is 4.77. The molecule has 0 saturated carbocycles.